The second-order valence-corrected chi connectivity index (χ2v) is 11.5. The van der Waals surface area contributed by atoms with E-state index in [0.29, 0.717) is 23.9 Å². The van der Waals surface area contributed by atoms with Crippen LogP contribution in [-0.4, -0.2) is 73.2 Å². The summed E-state index contributed by atoms with van der Waals surface area (Å²) in [5.74, 6) is 0.716. The Kier molecular flexibility index (Phi) is 6.75. The van der Waals surface area contributed by atoms with Gasteiger partial charge >= 0.3 is 0 Å². The lowest BCUT2D eigenvalue weighted by molar-refractivity contribution is -0.128. The van der Waals surface area contributed by atoms with Gasteiger partial charge in [0.05, 0.1) is 4.90 Å². The lowest BCUT2D eigenvalue weighted by atomic mass is 9.84. The first-order valence-electron chi connectivity index (χ1n) is 12.0. The van der Waals surface area contributed by atoms with Crippen LogP contribution in [0.1, 0.15) is 70.3 Å². The highest BCUT2D eigenvalue weighted by atomic mass is 32.2. The van der Waals surface area contributed by atoms with E-state index in [9.17, 15) is 13.2 Å². The van der Waals surface area contributed by atoms with Crippen molar-refractivity contribution in [2.45, 2.75) is 75.1 Å². The molecule has 1 aromatic rings. The summed E-state index contributed by atoms with van der Waals surface area (Å²) in [5.41, 5.74) is 1.27. The highest BCUT2D eigenvalue weighted by Gasteiger charge is 2.44. The molecule has 2 heterocycles. The lowest BCUT2D eigenvalue weighted by Crippen LogP contribution is -2.58. The topological polar surface area (TPSA) is 60.9 Å². The number of piperazine rings is 1. The number of rotatable bonds is 5. The minimum Gasteiger partial charge on any atom is -0.341 e. The van der Waals surface area contributed by atoms with Gasteiger partial charge in [0.25, 0.3) is 0 Å². The molecule has 0 bridgehead atoms. The number of nitrogens with zero attached hydrogens (tertiary/aromatic N) is 3. The predicted molar refractivity (Wildman–Crippen MR) is 122 cm³/mol. The van der Waals surface area contributed by atoms with E-state index in [1.54, 1.807) is 23.4 Å². The molecule has 0 N–H and O–H groups in total. The van der Waals surface area contributed by atoms with Crippen LogP contribution in [0.3, 0.4) is 0 Å². The molecular formula is C24H37N3O3S. The maximum atomic E-state index is 13.2. The van der Waals surface area contributed by atoms with Crippen molar-refractivity contribution in [3.63, 3.8) is 0 Å². The highest BCUT2D eigenvalue weighted by molar-refractivity contribution is 7.89. The minimum absolute atomic E-state index is 0.0107. The first kappa shape index (κ1) is 22.7. The van der Waals surface area contributed by atoms with E-state index in [4.69, 9.17) is 0 Å². The molecule has 1 amide bonds. The molecule has 0 radical (unpaired) electrons. The van der Waals surface area contributed by atoms with Gasteiger partial charge in [0.2, 0.25) is 15.9 Å². The zero-order chi connectivity index (χ0) is 22.1. The summed E-state index contributed by atoms with van der Waals surface area (Å²) in [6.45, 7) is 7.83. The number of carbonyl (C=O) groups is 1. The first-order chi connectivity index (χ1) is 14.9. The van der Waals surface area contributed by atoms with Gasteiger partial charge in [-0.05, 0) is 49.3 Å². The van der Waals surface area contributed by atoms with Gasteiger partial charge in [-0.15, -0.1) is 0 Å². The average molecular weight is 448 g/mol. The third-order valence-corrected chi connectivity index (χ3v) is 9.85. The van der Waals surface area contributed by atoms with Crippen molar-refractivity contribution in [3.05, 3.63) is 29.8 Å². The number of benzene rings is 1. The van der Waals surface area contributed by atoms with E-state index in [0.717, 1.165) is 39.0 Å². The van der Waals surface area contributed by atoms with Crippen LogP contribution in [0, 0.1) is 0 Å². The molecule has 2 saturated heterocycles. The van der Waals surface area contributed by atoms with Crippen molar-refractivity contribution in [1.29, 1.82) is 0 Å². The predicted octanol–water partition coefficient (Wildman–Crippen LogP) is 3.44. The van der Waals surface area contributed by atoms with E-state index >= 15 is 0 Å². The van der Waals surface area contributed by atoms with Crippen LogP contribution in [0.2, 0.25) is 0 Å². The number of likely N-dealkylation sites (tertiary alicyclic amines) is 1. The van der Waals surface area contributed by atoms with Crippen LogP contribution < -0.4 is 0 Å². The van der Waals surface area contributed by atoms with Gasteiger partial charge < -0.3 is 4.90 Å². The highest BCUT2D eigenvalue weighted by Crippen LogP contribution is 2.34. The maximum Gasteiger partial charge on any atom is 0.243 e. The SMILES string of the molecule is CC[C@]1(N2CCN(S(=O)(=O)c3ccc(C4CCCCC4)cc3)CC2)CCN(C(C)=O)C1. The Balaban J connectivity index is 1.40. The van der Waals surface area contributed by atoms with E-state index in [-0.39, 0.29) is 11.4 Å². The number of amides is 1. The van der Waals surface area contributed by atoms with Crippen LogP contribution in [-0.2, 0) is 14.8 Å². The fourth-order valence-electron chi connectivity index (χ4n) is 5.80. The first-order valence-corrected chi connectivity index (χ1v) is 13.4. The average Bonchev–Trinajstić information content (AvgIpc) is 3.26. The Morgan fingerprint density at radius 2 is 1.65 bits per heavy atom. The Labute approximate surface area is 187 Å². The van der Waals surface area contributed by atoms with Gasteiger partial charge in [-0.3, -0.25) is 9.69 Å². The fourth-order valence-corrected chi connectivity index (χ4v) is 7.22. The number of hydrogen-bond acceptors (Lipinski definition) is 4. The van der Waals surface area contributed by atoms with E-state index in [2.05, 4.69) is 11.8 Å². The molecule has 2 aliphatic heterocycles. The third-order valence-electron chi connectivity index (χ3n) is 7.94. The van der Waals surface area contributed by atoms with Gasteiger partial charge in [0.15, 0.2) is 0 Å². The smallest absolute Gasteiger partial charge is 0.243 e. The molecule has 3 fully saturated rings. The number of carbonyl (C=O) groups excluding carboxylic acids is 1. The fraction of sp³-hybridized carbons (Fsp3) is 0.708. The maximum absolute atomic E-state index is 13.2. The van der Waals surface area contributed by atoms with Crippen molar-refractivity contribution in [1.82, 2.24) is 14.1 Å². The Morgan fingerprint density at radius 1 is 1.00 bits per heavy atom. The molecule has 0 aromatic heterocycles. The minimum atomic E-state index is -3.47. The molecule has 3 aliphatic rings. The van der Waals surface area contributed by atoms with Gasteiger partial charge in [0, 0.05) is 51.7 Å². The zero-order valence-electron chi connectivity index (χ0n) is 19.1. The van der Waals surface area contributed by atoms with Crippen molar-refractivity contribution in [3.8, 4) is 0 Å². The molecule has 31 heavy (non-hydrogen) atoms. The second-order valence-electron chi connectivity index (χ2n) is 9.56. The molecular weight excluding hydrogens is 410 g/mol. The second kappa shape index (κ2) is 9.20. The molecule has 1 aliphatic carbocycles. The van der Waals surface area contributed by atoms with Crippen molar-refractivity contribution in [2.75, 3.05) is 39.3 Å². The summed E-state index contributed by atoms with van der Waals surface area (Å²) in [5, 5.41) is 0. The van der Waals surface area contributed by atoms with Gasteiger partial charge in [0.1, 0.15) is 0 Å². The Morgan fingerprint density at radius 3 is 2.19 bits per heavy atom. The molecule has 4 rings (SSSR count). The quantitative estimate of drug-likeness (QED) is 0.694. The standard InChI is InChI=1S/C24H37N3O3S/c1-3-24(13-14-25(19-24)20(2)28)26-15-17-27(18-16-26)31(29,30)23-11-9-22(10-12-23)21-7-5-4-6-8-21/h9-12,21H,3-8,13-19H2,1-2H3/t24-/m0/s1. The number of hydrogen-bond donors (Lipinski definition) is 0. The van der Waals surface area contributed by atoms with Crippen LogP contribution in [0.4, 0.5) is 0 Å². The summed E-state index contributed by atoms with van der Waals surface area (Å²) >= 11 is 0. The largest absolute Gasteiger partial charge is 0.341 e. The number of sulfonamides is 1. The van der Waals surface area contributed by atoms with Crippen molar-refractivity contribution >= 4 is 15.9 Å². The van der Waals surface area contributed by atoms with Gasteiger partial charge in [-0.2, -0.15) is 4.31 Å². The van der Waals surface area contributed by atoms with Gasteiger partial charge in [-0.25, -0.2) is 8.42 Å². The summed E-state index contributed by atoms with van der Waals surface area (Å²) in [6.07, 6.45) is 8.26. The van der Waals surface area contributed by atoms with E-state index in [1.807, 2.05) is 17.0 Å². The lowest BCUT2D eigenvalue weighted by Gasteiger charge is -2.45. The molecule has 172 valence electrons. The third kappa shape index (κ3) is 4.55. The van der Waals surface area contributed by atoms with Crippen molar-refractivity contribution in [2.24, 2.45) is 0 Å². The zero-order valence-corrected chi connectivity index (χ0v) is 19.9. The molecule has 1 saturated carbocycles. The molecule has 1 aromatic carbocycles. The van der Waals surface area contributed by atoms with Crippen LogP contribution in [0.25, 0.3) is 0 Å². The van der Waals surface area contributed by atoms with Crippen LogP contribution >= 0.6 is 0 Å². The normalized spacial score (nSPS) is 27.0. The monoisotopic (exact) mass is 447 g/mol. The van der Waals surface area contributed by atoms with Crippen LogP contribution in [0.15, 0.2) is 29.2 Å². The Bertz CT molecular complexity index is 872. The van der Waals surface area contributed by atoms with Gasteiger partial charge in [-0.1, -0.05) is 38.3 Å². The van der Waals surface area contributed by atoms with Crippen molar-refractivity contribution < 1.29 is 13.2 Å². The summed E-state index contributed by atoms with van der Waals surface area (Å²) in [7, 11) is -3.47. The van der Waals surface area contributed by atoms with E-state index in [1.165, 1.54) is 37.7 Å². The summed E-state index contributed by atoms with van der Waals surface area (Å²) in [6, 6.07) is 7.67. The molecule has 7 heteroatoms. The molecule has 6 nitrogen and oxygen atoms in total. The van der Waals surface area contributed by atoms with Crippen LogP contribution in [0.5, 0.6) is 0 Å². The van der Waals surface area contributed by atoms with E-state index < -0.39 is 10.0 Å². The summed E-state index contributed by atoms with van der Waals surface area (Å²) < 4.78 is 28.1. The summed E-state index contributed by atoms with van der Waals surface area (Å²) in [4.78, 5) is 16.6. The molecule has 1 atom stereocenters. The molecule has 0 spiro atoms. The Hall–Kier alpha value is -1.44. The molecule has 0 unspecified atom stereocenters.